The van der Waals surface area contributed by atoms with E-state index in [0.29, 0.717) is 28.9 Å². The summed E-state index contributed by atoms with van der Waals surface area (Å²) in [5, 5.41) is 11.6. The third-order valence-corrected chi connectivity index (χ3v) is 3.82. The van der Waals surface area contributed by atoms with Gasteiger partial charge in [-0.1, -0.05) is 5.16 Å². The number of carbonyl (C=O) groups excluding carboxylic acids is 1. The van der Waals surface area contributed by atoms with Gasteiger partial charge in [0.25, 0.3) is 5.91 Å². The summed E-state index contributed by atoms with van der Waals surface area (Å²) < 4.78 is 11.2. The van der Waals surface area contributed by atoms with Gasteiger partial charge in [-0.25, -0.2) is 0 Å². The van der Waals surface area contributed by atoms with Gasteiger partial charge in [0, 0.05) is 12.1 Å². The number of nitrogens with two attached hydrogens (primary N) is 1. The van der Waals surface area contributed by atoms with E-state index in [1.807, 2.05) is 0 Å². The average molecular weight is 358 g/mol. The van der Waals surface area contributed by atoms with Crippen LogP contribution in [0.25, 0.3) is 0 Å². The van der Waals surface area contributed by atoms with Crippen molar-refractivity contribution < 1.29 is 19.5 Å². The Morgan fingerprint density at radius 3 is 3.00 bits per heavy atom. The molecule has 1 heterocycles. The molecule has 0 aliphatic carbocycles. The lowest BCUT2D eigenvalue weighted by Crippen LogP contribution is -2.50. The lowest BCUT2D eigenvalue weighted by molar-refractivity contribution is 0.00675. The van der Waals surface area contributed by atoms with E-state index in [1.165, 1.54) is 0 Å². The minimum Gasteiger partial charge on any atom is -0.496 e. The molecule has 1 unspecified atom stereocenters. The number of morpholine rings is 1. The Bertz CT molecular complexity index is 564. The third kappa shape index (κ3) is 3.45. The molecule has 1 aromatic carbocycles. The second-order valence-corrected chi connectivity index (χ2v) is 5.34. The standard InChI is InChI=1S/C13H16BrN3O4/c1-20-10-3-2-8(6-9(10)14)13(18)17-4-5-21-11(7-17)12(15)16-19/h2-3,6,11,19H,4-5,7H2,1H3,(H2,15,16). The molecule has 0 radical (unpaired) electrons. The number of amides is 1. The van der Waals surface area contributed by atoms with E-state index in [0.717, 1.165) is 0 Å². The molecule has 0 aromatic heterocycles. The van der Waals surface area contributed by atoms with Crippen molar-refractivity contribution in [3.05, 3.63) is 28.2 Å². The van der Waals surface area contributed by atoms with Crippen molar-refractivity contribution in [2.45, 2.75) is 6.10 Å². The van der Waals surface area contributed by atoms with Crippen LogP contribution in [0, 0.1) is 0 Å². The number of benzene rings is 1. The van der Waals surface area contributed by atoms with Gasteiger partial charge in [0.15, 0.2) is 5.84 Å². The number of halogens is 1. The Hall–Kier alpha value is -1.80. The first-order valence-electron chi connectivity index (χ1n) is 6.28. The summed E-state index contributed by atoms with van der Waals surface area (Å²) in [6.45, 7) is 1.04. The van der Waals surface area contributed by atoms with E-state index in [2.05, 4.69) is 21.1 Å². The maximum Gasteiger partial charge on any atom is 0.254 e. The lowest BCUT2D eigenvalue weighted by Gasteiger charge is -2.32. The quantitative estimate of drug-likeness (QED) is 0.364. The van der Waals surface area contributed by atoms with Gasteiger partial charge >= 0.3 is 0 Å². The third-order valence-electron chi connectivity index (χ3n) is 3.20. The van der Waals surface area contributed by atoms with Gasteiger partial charge in [0.1, 0.15) is 11.9 Å². The van der Waals surface area contributed by atoms with Crippen LogP contribution < -0.4 is 10.5 Å². The largest absolute Gasteiger partial charge is 0.496 e. The Morgan fingerprint density at radius 2 is 2.38 bits per heavy atom. The van der Waals surface area contributed by atoms with Gasteiger partial charge in [-0.3, -0.25) is 4.79 Å². The summed E-state index contributed by atoms with van der Waals surface area (Å²) in [5.41, 5.74) is 6.05. The van der Waals surface area contributed by atoms with Crippen LogP contribution in [-0.2, 0) is 4.74 Å². The van der Waals surface area contributed by atoms with E-state index in [4.69, 9.17) is 20.4 Å². The molecule has 114 valence electrons. The Balaban J connectivity index is 2.14. The van der Waals surface area contributed by atoms with Crippen LogP contribution >= 0.6 is 15.9 Å². The Morgan fingerprint density at radius 1 is 1.62 bits per heavy atom. The molecule has 0 saturated carbocycles. The summed E-state index contributed by atoms with van der Waals surface area (Å²) in [7, 11) is 1.56. The van der Waals surface area contributed by atoms with Gasteiger partial charge in [-0.2, -0.15) is 0 Å². The second kappa shape index (κ2) is 6.77. The number of hydrogen-bond acceptors (Lipinski definition) is 5. The Labute approximate surface area is 130 Å². The molecular formula is C13H16BrN3O4. The van der Waals surface area contributed by atoms with Crippen LogP contribution in [0.5, 0.6) is 5.75 Å². The first-order chi connectivity index (χ1) is 10.1. The maximum atomic E-state index is 12.5. The molecular weight excluding hydrogens is 342 g/mol. The fraction of sp³-hybridized carbons (Fsp3) is 0.385. The molecule has 7 nitrogen and oxygen atoms in total. The van der Waals surface area contributed by atoms with Gasteiger partial charge in [0.2, 0.25) is 0 Å². The molecule has 1 amide bonds. The minimum absolute atomic E-state index is 0.0385. The number of carbonyl (C=O) groups is 1. The highest BCUT2D eigenvalue weighted by Gasteiger charge is 2.27. The SMILES string of the molecule is COc1ccc(C(=O)N2CCOC(C(N)=NO)C2)cc1Br. The maximum absolute atomic E-state index is 12.5. The number of methoxy groups -OCH3 is 1. The van der Waals surface area contributed by atoms with Crippen LogP contribution in [0.2, 0.25) is 0 Å². The topological polar surface area (TPSA) is 97.4 Å². The molecule has 2 rings (SSSR count). The summed E-state index contributed by atoms with van der Waals surface area (Å²) in [6, 6.07) is 5.12. The minimum atomic E-state index is -0.589. The van der Waals surface area contributed by atoms with E-state index in [9.17, 15) is 4.79 Å². The van der Waals surface area contributed by atoms with Crippen LogP contribution in [0.4, 0.5) is 0 Å². The molecule has 1 aliphatic heterocycles. The Kier molecular flexibility index (Phi) is 5.03. The van der Waals surface area contributed by atoms with Crippen LogP contribution in [0.15, 0.2) is 27.8 Å². The highest BCUT2D eigenvalue weighted by molar-refractivity contribution is 9.10. The molecule has 1 fully saturated rings. The van der Waals surface area contributed by atoms with Gasteiger partial charge < -0.3 is 25.3 Å². The molecule has 21 heavy (non-hydrogen) atoms. The van der Waals surface area contributed by atoms with Crippen LogP contribution in [0.3, 0.4) is 0 Å². The predicted molar refractivity (Wildman–Crippen MR) is 79.7 cm³/mol. The molecule has 1 saturated heterocycles. The molecule has 1 aromatic rings. The van der Waals surface area contributed by atoms with E-state index < -0.39 is 6.10 Å². The van der Waals surface area contributed by atoms with Crippen molar-refractivity contribution in [3.8, 4) is 5.75 Å². The number of amidine groups is 1. The summed E-state index contributed by atoms with van der Waals surface area (Å²) in [5.74, 6) is 0.476. The van der Waals surface area contributed by atoms with Crippen molar-refractivity contribution in [3.63, 3.8) is 0 Å². The lowest BCUT2D eigenvalue weighted by atomic mass is 10.1. The number of nitrogens with zero attached hydrogens (tertiary/aromatic N) is 2. The van der Waals surface area contributed by atoms with Gasteiger partial charge in [0.05, 0.1) is 24.7 Å². The van der Waals surface area contributed by atoms with E-state index >= 15 is 0 Å². The van der Waals surface area contributed by atoms with Crippen molar-refractivity contribution in [2.24, 2.45) is 10.9 Å². The molecule has 0 spiro atoms. The zero-order valence-electron chi connectivity index (χ0n) is 11.5. The molecule has 0 bridgehead atoms. The highest BCUT2D eigenvalue weighted by atomic mass is 79.9. The molecule has 1 atom stereocenters. The zero-order valence-corrected chi connectivity index (χ0v) is 13.0. The monoisotopic (exact) mass is 357 g/mol. The number of oxime groups is 1. The van der Waals surface area contributed by atoms with Crippen molar-refractivity contribution in [1.82, 2.24) is 4.90 Å². The molecule has 3 N–H and O–H groups in total. The molecule has 8 heteroatoms. The van der Waals surface area contributed by atoms with Gasteiger partial charge in [-0.15, -0.1) is 0 Å². The van der Waals surface area contributed by atoms with E-state index in [-0.39, 0.29) is 18.3 Å². The smallest absolute Gasteiger partial charge is 0.254 e. The zero-order chi connectivity index (χ0) is 15.4. The highest BCUT2D eigenvalue weighted by Crippen LogP contribution is 2.26. The number of hydrogen-bond donors (Lipinski definition) is 2. The first kappa shape index (κ1) is 15.6. The van der Waals surface area contributed by atoms with E-state index in [1.54, 1.807) is 30.2 Å². The average Bonchev–Trinajstić information content (AvgIpc) is 2.53. The predicted octanol–water partition coefficient (Wildman–Crippen LogP) is 1.05. The summed E-state index contributed by atoms with van der Waals surface area (Å²) >= 11 is 3.35. The number of rotatable bonds is 3. The number of ether oxygens (including phenoxy) is 2. The summed E-state index contributed by atoms with van der Waals surface area (Å²) in [6.07, 6.45) is -0.589. The normalized spacial score (nSPS) is 19.4. The second-order valence-electron chi connectivity index (χ2n) is 4.48. The van der Waals surface area contributed by atoms with Crippen LogP contribution in [0.1, 0.15) is 10.4 Å². The first-order valence-corrected chi connectivity index (χ1v) is 7.08. The van der Waals surface area contributed by atoms with Crippen molar-refractivity contribution in [1.29, 1.82) is 0 Å². The fourth-order valence-electron chi connectivity index (χ4n) is 2.06. The van der Waals surface area contributed by atoms with Crippen molar-refractivity contribution in [2.75, 3.05) is 26.8 Å². The van der Waals surface area contributed by atoms with Crippen LogP contribution in [-0.4, -0.2) is 54.8 Å². The fourth-order valence-corrected chi connectivity index (χ4v) is 2.60. The summed E-state index contributed by atoms with van der Waals surface area (Å²) in [4.78, 5) is 14.1. The van der Waals surface area contributed by atoms with Gasteiger partial charge in [-0.05, 0) is 34.1 Å². The van der Waals surface area contributed by atoms with Crippen molar-refractivity contribution >= 4 is 27.7 Å². The molecule has 1 aliphatic rings.